The summed E-state index contributed by atoms with van der Waals surface area (Å²) >= 11 is 7.36. The van der Waals surface area contributed by atoms with Gasteiger partial charge in [0.2, 0.25) is 0 Å². The van der Waals surface area contributed by atoms with E-state index in [-0.39, 0.29) is 88.7 Å². The average molecular weight is 578 g/mol. The molecule has 0 fully saturated rings. The second-order valence-corrected chi connectivity index (χ2v) is 4.92. The first kappa shape index (κ1) is 24.1. The quantitative estimate of drug-likeness (QED) is 0.342. The Labute approximate surface area is 157 Å². The van der Waals surface area contributed by atoms with Crippen molar-refractivity contribution in [1.82, 2.24) is 0 Å². The van der Waals surface area contributed by atoms with Gasteiger partial charge in [-0.1, -0.05) is 0 Å². The maximum atomic E-state index is 10.3. The van der Waals surface area contributed by atoms with Gasteiger partial charge in [-0.15, -0.1) is 0 Å². The summed E-state index contributed by atoms with van der Waals surface area (Å²) in [6, 6.07) is 0. The minimum absolute atomic E-state index is 0. The van der Waals surface area contributed by atoms with E-state index in [4.69, 9.17) is 0 Å². The van der Waals surface area contributed by atoms with Crippen LogP contribution in [-0.2, 0) is 68.6 Å². The Balaban J connectivity index is -0.0000000600. The van der Waals surface area contributed by atoms with E-state index in [1.54, 1.807) is 42.9 Å². The van der Waals surface area contributed by atoms with Crippen molar-refractivity contribution in [3.63, 3.8) is 0 Å². The first-order valence-electron chi connectivity index (χ1n) is 0.913. The molecule has 0 saturated carbocycles. The van der Waals surface area contributed by atoms with Crippen LogP contribution in [0, 0.1) is 0 Å². The fourth-order valence-corrected chi connectivity index (χ4v) is 1.24. The zero-order valence-corrected chi connectivity index (χ0v) is 8.61. The summed E-state index contributed by atoms with van der Waals surface area (Å²) in [6.07, 6.45) is 0. The second-order valence-electron chi connectivity index (χ2n) is 0.509. The second kappa shape index (κ2) is 13.8. The zero-order valence-electron chi connectivity index (χ0n) is 2.64. The predicted octanol–water partition coefficient (Wildman–Crippen LogP) is -2.43. The van der Waals surface area contributed by atoms with Crippen LogP contribution in [0.1, 0.15) is 0 Å². The molecule has 0 rings (SSSR count). The molecular formula is H3Au2Na3O3S2. The van der Waals surface area contributed by atoms with Gasteiger partial charge < -0.3 is 0 Å². The van der Waals surface area contributed by atoms with Gasteiger partial charge in [0.05, 0.1) is 0 Å². The third-order valence-electron chi connectivity index (χ3n) is 0.123. The van der Waals surface area contributed by atoms with Gasteiger partial charge in [-0.05, 0) is 0 Å². The molecule has 0 aromatic carbocycles. The van der Waals surface area contributed by atoms with E-state index in [9.17, 15) is 4.21 Å². The van der Waals surface area contributed by atoms with Crippen LogP contribution in [0.25, 0.3) is 0 Å². The van der Waals surface area contributed by atoms with Gasteiger partial charge in [-0.3, -0.25) is 0 Å². The summed E-state index contributed by atoms with van der Waals surface area (Å²) < 4.78 is 18.5. The molecule has 0 saturated heterocycles. The van der Waals surface area contributed by atoms with Crippen molar-refractivity contribution in [3.8, 4) is 0 Å². The van der Waals surface area contributed by atoms with Crippen molar-refractivity contribution >= 4 is 109 Å². The van der Waals surface area contributed by atoms with E-state index < -0.39 is 9.05 Å². The molecule has 0 aromatic rings. The molecule has 0 N–H and O–H groups in total. The van der Waals surface area contributed by atoms with E-state index in [0.29, 0.717) is 0 Å². The van der Waals surface area contributed by atoms with Gasteiger partial charge in [0.1, 0.15) is 0 Å². The van der Waals surface area contributed by atoms with Crippen LogP contribution in [0.15, 0.2) is 0 Å². The van der Waals surface area contributed by atoms with Crippen LogP contribution in [0.3, 0.4) is 0 Å². The Morgan fingerprint density at radius 2 is 1.30 bits per heavy atom. The van der Waals surface area contributed by atoms with Gasteiger partial charge in [-0.25, -0.2) is 0 Å². The Bertz CT molecular complexity index is 123. The van der Waals surface area contributed by atoms with Gasteiger partial charge in [0.15, 0.2) is 0 Å². The molecule has 58 valence electrons. The van der Waals surface area contributed by atoms with Crippen molar-refractivity contribution in [2.45, 2.75) is 0 Å². The number of hydrogen-bond acceptors (Lipinski definition) is 4. The molecule has 0 aromatic heterocycles. The summed E-state index contributed by atoms with van der Waals surface area (Å²) in [6.45, 7) is 0. The van der Waals surface area contributed by atoms with Crippen LogP contribution < -0.4 is 0 Å². The average Bonchev–Trinajstić information content (AvgIpc) is 1.68. The molecule has 10 heteroatoms. The fourth-order valence-electron chi connectivity index (χ4n) is 0.00619. The SMILES string of the molecule is O=S(=S)([O][Au])[O][Au].[NaH].[NaH].[NaH]. The van der Waals surface area contributed by atoms with Crippen LogP contribution in [0.2, 0.25) is 0 Å². The molecule has 0 atom stereocenters. The molecule has 0 amide bonds. The molecule has 0 radical (unpaired) electrons. The summed E-state index contributed by atoms with van der Waals surface area (Å²) in [7, 11) is -2.87. The van der Waals surface area contributed by atoms with Gasteiger partial charge in [-0.2, -0.15) is 0 Å². The van der Waals surface area contributed by atoms with E-state index >= 15 is 0 Å². The first-order chi connectivity index (χ1) is 3.12. The third-order valence-corrected chi connectivity index (χ3v) is 5.04. The zero-order chi connectivity index (χ0) is 5.91. The van der Waals surface area contributed by atoms with Crippen molar-refractivity contribution in [2.75, 3.05) is 0 Å². The van der Waals surface area contributed by atoms with Crippen molar-refractivity contribution < 1.29 is 52.5 Å². The fraction of sp³-hybridized carbons (Fsp3) is 0. The Kier molecular flexibility index (Phi) is 33.2. The Morgan fingerprint density at radius 1 is 1.10 bits per heavy atom. The normalized spacial score (nSPS) is 8.40. The van der Waals surface area contributed by atoms with E-state index in [0.717, 1.165) is 0 Å². The predicted molar refractivity (Wildman–Crippen MR) is 39.1 cm³/mol. The van der Waals surface area contributed by atoms with Gasteiger partial charge in [0, 0.05) is 0 Å². The molecule has 0 aliphatic carbocycles. The van der Waals surface area contributed by atoms with Crippen molar-refractivity contribution in [3.05, 3.63) is 0 Å². The monoisotopic (exact) mass is 578 g/mol. The van der Waals surface area contributed by atoms with Crippen molar-refractivity contribution in [1.29, 1.82) is 0 Å². The summed E-state index contributed by atoms with van der Waals surface area (Å²) in [4.78, 5) is 0. The molecule has 0 spiro atoms. The molecule has 3 nitrogen and oxygen atoms in total. The van der Waals surface area contributed by atoms with Gasteiger partial charge in [0.25, 0.3) is 0 Å². The van der Waals surface area contributed by atoms with E-state index in [1.807, 2.05) is 0 Å². The van der Waals surface area contributed by atoms with Crippen LogP contribution in [0.4, 0.5) is 0 Å². The molecule has 10 heavy (non-hydrogen) atoms. The van der Waals surface area contributed by atoms with E-state index in [2.05, 4.69) is 16.6 Å². The molecule has 0 heterocycles. The Hall–Kier alpha value is 4.77. The molecule has 0 bridgehead atoms. The maximum absolute atomic E-state index is 10.3. The number of hydrogen-bond donors (Lipinski definition) is 0. The molecule has 0 aliphatic rings. The standard InChI is InChI=1S/2Au.3Na.H2O3S2.3H/c;;;;;1-5(2,3)4;;;/h;;;;;(H2,1,2,3,4);;;/q2*+1;;;;;;;/p-2. The molecule has 0 aliphatic heterocycles. The Morgan fingerprint density at radius 3 is 1.30 bits per heavy atom. The van der Waals surface area contributed by atoms with Crippen LogP contribution in [-0.4, -0.2) is 92.9 Å². The number of rotatable bonds is 2. The molecule has 0 unspecified atom stereocenters. The molecular weight excluding hydrogens is 575 g/mol. The third kappa shape index (κ3) is 15.3. The minimum atomic E-state index is -2.87. The van der Waals surface area contributed by atoms with Crippen molar-refractivity contribution in [2.24, 2.45) is 0 Å². The first-order valence-corrected chi connectivity index (χ1v) is 5.02. The van der Waals surface area contributed by atoms with Crippen LogP contribution >= 0.6 is 0 Å². The summed E-state index contributed by atoms with van der Waals surface area (Å²) in [5.74, 6) is 0. The summed E-state index contributed by atoms with van der Waals surface area (Å²) in [5, 5.41) is 0. The topological polar surface area (TPSA) is 35.5 Å². The van der Waals surface area contributed by atoms with Crippen LogP contribution in [0.5, 0.6) is 0 Å². The summed E-state index contributed by atoms with van der Waals surface area (Å²) in [5.41, 5.74) is 0. The van der Waals surface area contributed by atoms with Gasteiger partial charge >= 0.3 is 161 Å². The van der Waals surface area contributed by atoms with E-state index in [1.165, 1.54) is 0 Å².